The molecule has 1 fully saturated rings. The Morgan fingerprint density at radius 2 is 2.00 bits per heavy atom. The SMILES string of the molecule is CCc1c2c(cc(Br)c1C1CCNCC1)OCCCO2. The van der Waals surface area contributed by atoms with Gasteiger partial charge in [0.1, 0.15) is 0 Å². The second-order valence-electron chi connectivity index (χ2n) is 5.51. The average Bonchev–Trinajstić information content (AvgIpc) is 2.71. The summed E-state index contributed by atoms with van der Waals surface area (Å²) in [7, 11) is 0. The van der Waals surface area contributed by atoms with E-state index in [0.717, 1.165) is 50.6 Å². The van der Waals surface area contributed by atoms with Gasteiger partial charge in [-0.3, -0.25) is 0 Å². The lowest BCUT2D eigenvalue weighted by Crippen LogP contribution is -2.27. The van der Waals surface area contributed by atoms with E-state index >= 15 is 0 Å². The topological polar surface area (TPSA) is 30.5 Å². The van der Waals surface area contributed by atoms with Gasteiger partial charge < -0.3 is 14.8 Å². The molecule has 0 bridgehead atoms. The highest BCUT2D eigenvalue weighted by molar-refractivity contribution is 9.10. The summed E-state index contributed by atoms with van der Waals surface area (Å²) in [4.78, 5) is 0. The molecule has 1 aromatic rings. The monoisotopic (exact) mass is 339 g/mol. The number of rotatable bonds is 2. The zero-order valence-corrected chi connectivity index (χ0v) is 13.6. The fraction of sp³-hybridized carbons (Fsp3) is 0.625. The van der Waals surface area contributed by atoms with Crippen LogP contribution in [-0.4, -0.2) is 26.3 Å². The molecular formula is C16H22BrNO2. The molecule has 3 nitrogen and oxygen atoms in total. The van der Waals surface area contributed by atoms with Crippen molar-refractivity contribution in [2.24, 2.45) is 0 Å². The Labute approximate surface area is 129 Å². The standard InChI is InChI=1S/C16H22BrNO2/c1-2-12-15(11-4-6-18-7-5-11)13(17)10-14-16(12)20-9-3-8-19-14/h10-11,18H,2-9H2,1H3. The molecule has 1 N–H and O–H groups in total. The van der Waals surface area contributed by atoms with E-state index in [1.807, 2.05) is 0 Å². The molecule has 0 radical (unpaired) electrons. The Kier molecular flexibility index (Phi) is 4.51. The predicted octanol–water partition coefficient (Wildman–Crippen LogP) is 3.64. The van der Waals surface area contributed by atoms with Crippen LogP contribution in [0.25, 0.3) is 0 Å². The number of hydrogen-bond acceptors (Lipinski definition) is 3. The molecule has 20 heavy (non-hydrogen) atoms. The molecule has 2 aliphatic rings. The molecule has 0 spiro atoms. The zero-order chi connectivity index (χ0) is 13.9. The zero-order valence-electron chi connectivity index (χ0n) is 12.0. The lowest BCUT2D eigenvalue weighted by atomic mass is 9.86. The fourth-order valence-corrected chi connectivity index (χ4v) is 4.03. The van der Waals surface area contributed by atoms with Crippen molar-refractivity contribution in [1.82, 2.24) is 5.32 Å². The molecular weight excluding hydrogens is 318 g/mol. The number of ether oxygens (including phenoxy) is 2. The van der Waals surface area contributed by atoms with E-state index in [4.69, 9.17) is 9.47 Å². The first-order chi connectivity index (χ1) is 9.81. The van der Waals surface area contributed by atoms with Crippen LogP contribution in [-0.2, 0) is 6.42 Å². The summed E-state index contributed by atoms with van der Waals surface area (Å²) < 4.78 is 13.0. The highest BCUT2D eigenvalue weighted by Crippen LogP contribution is 2.44. The van der Waals surface area contributed by atoms with Gasteiger partial charge >= 0.3 is 0 Å². The number of piperidine rings is 1. The van der Waals surface area contributed by atoms with Gasteiger partial charge in [0.2, 0.25) is 0 Å². The van der Waals surface area contributed by atoms with Gasteiger partial charge in [-0.05, 0) is 49.9 Å². The smallest absolute Gasteiger partial charge is 0.164 e. The van der Waals surface area contributed by atoms with Crippen LogP contribution >= 0.6 is 15.9 Å². The van der Waals surface area contributed by atoms with E-state index in [2.05, 4.69) is 34.2 Å². The van der Waals surface area contributed by atoms with Crippen molar-refractivity contribution < 1.29 is 9.47 Å². The molecule has 1 aromatic carbocycles. The van der Waals surface area contributed by atoms with E-state index in [1.165, 1.54) is 28.4 Å². The Balaban J connectivity index is 2.06. The molecule has 2 aliphatic heterocycles. The molecule has 0 unspecified atom stereocenters. The van der Waals surface area contributed by atoms with Gasteiger partial charge in [-0.1, -0.05) is 22.9 Å². The van der Waals surface area contributed by atoms with Crippen LogP contribution in [0.1, 0.15) is 43.2 Å². The third-order valence-corrected chi connectivity index (χ3v) is 4.89. The van der Waals surface area contributed by atoms with Crippen molar-refractivity contribution in [2.75, 3.05) is 26.3 Å². The molecule has 3 rings (SSSR count). The van der Waals surface area contributed by atoms with Crippen LogP contribution in [0.15, 0.2) is 10.5 Å². The molecule has 0 aromatic heterocycles. The quantitative estimate of drug-likeness (QED) is 0.892. The summed E-state index contributed by atoms with van der Waals surface area (Å²) in [6, 6.07) is 2.11. The van der Waals surface area contributed by atoms with E-state index in [0.29, 0.717) is 5.92 Å². The van der Waals surface area contributed by atoms with Crippen LogP contribution in [0.3, 0.4) is 0 Å². The molecule has 1 saturated heterocycles. The number of halogens is 1. The first-order valence-corrected chi connectivity index (χ1v) is 8.42. The lowest BCUT2D eigenvalue weighted by Gasteiger charge is -2.27. The van der Waals surface area contributed by atoms with Gasteiger partial charge in [-0.25, -0.2) is 0 Å². The first kappa shape index (κ1) is 14.2. The summed E-state index contributed by atoms with van der Waals surface area (Å²) >= 11 is 3.77. The minimum absolute atomic E-state index is 0.623. The van der Waals surface area contributed by atoms with Gasteiger partial charge in [0, 0.05) is 16.5 Å². The Morgan fingerprint density at radius 3 is 2.75 bits per heavy atom. The van der Waals surface area contributed by atoms with Crippen molar-refractivity contribution in [3.05, 3.63) is 21.7 Å². The third-order valence-electron chi connectivity index (χ3n) is 4.23. The second-order valence-corrected chi connectivity index (χ2v) is 6.36. The number of fused-ring (bicyclic) bond motifs is 1. The summed E-state index contributed by atoms with van der Waals surface area (Å²) in [6.45, 7) is 5.92. The second kappa shape index (κ2) is 6.35. The van der Waals surface area contributed by atoms with Crippen molar-refractivity contribution in [1.29, 1.82) is 0 Å². The molecule has 0 aliphatic carbocycles. The predicted molar refractivity (Wildman–Crippen MR) is 84.0 cm³/mol. The lowest BCUT2D eigenvalue weighted by molar-refractivity contribution is 0.296. The van der Waals surface area contributed by atoms with Gasteiger partial charge in [0.05, 0.1) is 13.2 Å². The van der Waals surface area contributed by atoms with E-state index in [9.17, 15) is 0 Å². The summed E-state index contributed by atoms with van der Waals surface area (Å²) in [5, 5.41) is 3.44. The molecule has 0 saturated carbocycles. The van der Waals surface area contributed by atoms with E-state index in [-0.39, 0.29) is 0 Å². The largest absolute Gasteiger partial charge is 0.490 e. The minimum atomic E-state index is 0.623. The van der Waals surface area contributed by atoms with Crippen LogP contribution < -0.4 is 14.8 Å². The molecule has 0 amide bonds. The maximum absolute atomic E-state index is 6.00. The van der Waals surface area contributed by atoms with Crippen LogP contribution in [0, 0.1) is 0 Å². The van der Waals surface area contributed by atoms with Crippen molar-refractivity contribution in [3.8, 4) is 11.5 Å². The maximum Gasteiger partial charge on any atom is 0.164 e. The first-order valence-electron chi connectivity index (χ1n) is 7.62. The average molecular weight is 340 g/mol. The van der Waals surface area contributed by atoms with Crippen molar-refractivity contribution >= 4 is 15.9 Å². The summed E-state index contributed by atoms with van der Waals surface area (Å²) in [5.41, 5.74) is 2.78. The molecule has 2 heterocycles. The van der Waals surface area contributed by atoms with Crippen LogP contribution in [0.5, 0.6) is 11.5 Å². The maximum atomic E-state index is 6.00. The van der Waals surface area contributed by atoms with Crippen molar-refractivity contribution in [2.45, 2.75) is 38.5 Å². The van der Waals surface area contributed by atoms with Crippen LogP contribution in [0.4, 0.5) is 0 Å². The number of hydrogen-bond donors (Lipinski definition) is 1. The summed E-state index contributed by atoms with van der Waals surface area (Å²) in [5.74, 6) is 2.52. The van der Waals surface area contributed by atoms with Gasteiger partial charge in [0.25, 0.3) is 0 Å². The van der Waals surface area contributed by atoms with Crippen molar-refractivity contribution in [3.63, 3.8) is 0 Å². The Morgan fingerprint density at radius 1 is 1.25 bits per heavy atom. The van der Waals surface area contributed by atoms with E-state index < -0.39 is 0 Å². The Bertz CT molecular complexity index is 484. The van der Waals surface area contributed by atoms with Gasteiger partial charge in [-0.2, -0.15) is 0 Å². The third kappa shape index (κ3) is 2.68. The highest BCUT2D eigenvalue weighted by atomic mass is 79.9. The van der Waals surface area contributed by atoms with Gasteiger partial charge in [0.15, 0.2) is 11.5 Å². The summed E-state index contributed by atoms with van der Waals surface area (Å²) in [6.07, 6.45) is 4.35. The Hall–Kier alpha value is -0.740. The fourth-order valence-electron chi connectivity index (χ4n) is 3.26. The molecule has 4 heteroatoms. The molecule has 0 atom stereocenters. The van der Waals surface area contributed by atoms with Gasteiger partial charge in [-0.15, -0.1) is 0 Å². The highest BCUT2D eigenvalue weighted by Gasteiger charge is 2.26. The minimum Gasteiger partial charge on any atom is -0.490 e. The number of benzene rings is 1. The number of nitrogens with one attached hydrogen (secondary N) is 1. The normalized spacial score (nSPS) is 19.7. The van der Waals surface area contributed by atoms with Crippen LogP contribution in [0.2, 0.25) is 0 Å². The van der Waals surface area contributed by atoms with E-state index in [1.54, 1.807) is 0 Å². The molecule has 110 valence electrons.